The number of carbonyl (C=O) groups is 1. The van der Waals surface area contributed by atoms with Crippen molar-refractivity contribution in [3.8, 4) is 0 Å². The van der Waals surface area contributed by atoms with E-state index < -0.39 is 18.8 Å². The van der Waals surface area contributed by atoms with Crippen molar-refractivity contribution in [3.63, 3.8) is 0 Å². The minimum Gasteiger partial charge on any atom is -0.329 e. The van der Waals surface area contributed by atoms with E-state index in [1.165, 1.54) is 11.9 Å². The molecule has 94 valence electrons. The predicted octanol–water partition coefficient (Wildman–Crippen LogP) is 1.79. The summed E-state index contributed by atoms with van der Waals surface area (Å²) in [6.07, 6.45) is -1.29. The van der Waals surface area contributed by atoms with Crippen LogP contribution < -0.4 is 5.32 Å². The molecule has 0 spiro atoms. The fourth-order valence-electron chi connectivity index (χ4n) is 1.14. The van der Waals surface area contributed by atoms with Crippen LogP contribution in [-0.2, 0) is 6.54 Å². The normalized spacial score (nSPS) is 11.1. The Morgan fingerprint density at radius 2 is 2.00 bits per heavy atom. The number of carbonyl (C=O) groups excluding carboxylic acids is 1. The third-order valence-corrected chi connectivity index (χ3v) is 1.96. The van der Waals surface area contributed by atoms with Crippen molar-refractivity contribution in [3.05, 3.63) is 30.1 Å². The molecule has 0 unspecified atom stereocenters. The van der Waals surface area contributed by atoms with Gasteiger partial charge in [-0.1, -0.05) is 0 Å². The third kappa shape index (κ3) is 5.19. The van der Waals surface area contributed by atoms with Gasteiger partial charge in [0.1, 0.15) is 6.54 Å². The molecular formula is C10H12F3N3O. The lowest BCUT2D eigenvalue weighted by Crippen LogP contribution is -2.41. The number of nitrogens with one attached hydrogen (secondary N) is 1. The number of alkyl halides is 3. The first-order valence-electron chi connectivity index (χ1n) is 4.83. The SMILES string of the molecule is CN(Cc1ccncc1)C(=O)NCC(F)(F)F. The maximum absolute atomic E-state index is 11.9. The van der Waals surface area contributed by atoms with Crippen molar-refractivity contribution in [2.45, 2.75) is 12.7 Å². The van der Waals surface area contributed by atoms with Crippen LogP contribution in [0.3, 0.4) is 0 Å². The topological polar surface area (TPSA) is 45.2 Å². The van der Waals surface area contributed by atoms with E-state index in [1.807, 2.05) is 0 Å². The molecule has 0 atom stereocenters. The van der Waals surface area contributed by atoms with Gasteiger partial charge in [-0.15, -0.1) is 0 Å². The summed E-state index contributed by atoms with van der Waals surface area (Å²) in [5.41, 5.74) is 0.796. The maximum Gasteiger partial charge on any atom is 0.405 e. The fraction of sp³-hybridized carbons (Fsp3) is 0.400. The minimum atomic E-state index is -4.40. The van der Waals surface area contributed by atoms with Gasteiger partial charge in [-0.2, -0.15) is 13.2 Å². The second-order valence-corrected chi connectivity index (χ2v) is 3.49. The number of nitrogens with zero attached hydrogens (tertiary/aromatic N) is 2. The van der Waals surface area contributed by atoms with Crippen LogP contribution in [0.1, 0.15) is 5.56 Å². The van der Waals surface area contributed by atoms with E-state index in [9.17, 15) is 18.0 Å². The molecule has 1 aromatic heterocycles. The molecule has 4 nitrogen and oxygen atoms in total. The standard InChI is InChI=1S/C10H12F3N3O/c1-16(6-8-2-4-14-5-3-8)9(17)15-7-10(11,12)13/h2-5H,6-7H2,1H3,(H,15,17). The highest BCUT2D eigenvalue weighted by molar-refractivity contribution is 5.73. The Morgan fingerprint density at radius 1 is 1.41 bits per heavy atom. The van der Waals surface area contributed by atoms with E-state index in [1.54, 1.807) is 29.8 Å². The second kappa shape index (κ2) is 5.51. The van der Waals surface area contributed by atoms with E-state index in [2.05, 4.69) is 4.98 Å². The molecule has 1 N–H and O–H groups in total. The van der Waals surface area contributed by atoms with Crippen LogP contribution in [0.4, 0.5) is 18.0 Å². The lowest BCUT2D eigenvalue weighted by atomic mass is 10.2. The molecule has 1 rings (SSSR count). The van der Waals surface area contributed by atoms with Crippen LogP contribution in [-0.4, -0.2) is 35.7 Å². The van der Waals surface area contributed by atoms with Gasteiger partial charge in [0.2, 0.25) is 0 Å². The molecule has 1 heterocycles. The molecule has 0 saturated heterocycles. The van der Waals surface area contributed by atoms with Crippen molar-refractivity contribution in [2.75, 3.05) is 13.6 Å². The van der Waals surface area contributed by atoms with Crippen molar-refractivity contribution in [2.24, 2.45) is 0 Å². The molecular weight excluding hydrogens is 235 g/mol. The number of hydrogen-bond acceptors (Lipinski definition) is 2. The van der Waals surface area contributed by atoms with Gasteiger partial charge >= 0.3 is 12.2 Å². The van der Waals surface area contributed by atoms with Gasteiger partial charge in [-0.3, -0.25) is 4.98 Å². The molecule has 7 heteroatoms. The Kier molecular flexibility index (Phi) is 4.30. The second-order valence-electron chi connectivity index (χ2n) is 3.49. The monoisotopic (exact) mass is 247 g/mol. The first kappa shape index (κ1) is 13.3. The number of rotatable bonds is 3. The van der Waals surface area contributed by atoms with E-state index in [4.69, 9.17) is 0 Å². The summed E-state index contributed by atoms with van der Waals surface area (Å²) in [4.78, 5) is 16.3. The number of urea groups is 1. The fourth-order valence-corrected chi connectivity index (χ4v) is 1.14. The highest BCUT2D eigenvalue weighted by atomic mass is 19.4. The summed E-state index contributed by atoms with van der Waals surface area (Å²) in [6.45, 7) is -1.10. The van der Waals surface area contributed by atoms with E-state index in [0.717, 1.165) is 5.56 Å². The molecule has 0 bridgehead atoms. The van der Waals surface area contributed by atoms with E-state index in [-0.39, 0.29) is 6.54 Å². The lowest BCUT2D eigenvalue weighted by molar-refractivity contribution is -0.123. The Bertz CT molecular complexity index is 367. The zero-order valence-electron chi connectivity index (χ0n) is 9.16. The highest BCUT2D eigenvalue weighted by Gasteiger charge is 2.28. The van der Waals surface area contributed by atoms with Gasteiger partial charge in [0, 0.05) is 26.0 Å². The van der Waals surface area contributed by atoms with Crippen molar-refractivity contribution < 1.29 is 18.0 Å². The minimum absolute atomic E-state index is 0.228. The molecule has 2 amide bonds. The predicted molar refractivity (Wildman–Crippen MR) is 55.2 cm³/mol. The van der Waals surface area contributed by atoms with Crippen LogP contribution in [0.5, 0.6) is 0 Å². The summed E-state index contributed by atoms with van der Waals surface area (Å²) < 4.78 is 35.6. The smallest absolute Gasteiger partial charge is 0.329 e. The van der Waals surface area contributed by atoms with E-state index in [0.29, 0.717) is 0 Å². The quantitative estimate of drug-likeness (QED) is 0.885. The average Bonchev–Trinajstić information content (AvgIpc) is 2.26. The number of amides is 2. The first-order chi connectivity index (χ1) is 7.88. The van der Waals surface area contributed by atoms with E-state index >= 15 is 0 Å². The number of hydrogen-bond donors (Lipinski definition) is 1. The van der Waals surface area contributed by atoms with Crippen LogP contribution in [0.2, 0.25) is 0 Å². The van der Waals surface area contributed by atoms with Crippen LogP contribution in [0, 0.1) is 0 Å². The third-order valence-electron chi connectivity index (χ3n) is 1.96. The molecule has 0 aliphatic carbocycles. The first-order valence-corrected chi connectivity index (χ1v) is 4.83. The summed E-state index contributed by atoms with van der Waals surface area (Å²) >= 11 is 0. The van der Waals surface area contributed by atoms with Crippen molar-refractivity contribution >= 4 is 6.03 Å². The van der Waals surface area contributed by atoms with Crippen LogP contribution in [0.25, 0.3) is 0 Å². The molecule has 0 aliphatic rings. The molecule has 0 fully saturated rings. The van der Waals surface area contributed by atoms with Gasteiger partial charge in [-0.25, -0.2) is 4.79 Å². The number of aromatic nitrogens is 1. The summed E-state index contributed by atoms with van der Waals surface area (Å²) in [5.74, 6) is 0. The molecule has 0 saturated carbocycles. The van der Waals surface area contributed by atoms with Crippen molar-refractivity contribution in [1.82, 2.24) is 15.2 Å². The van der Waals surface area contributed by atoms with Gasteiger partial charge in [0.15, 0.2) is 0 Å². The van der Waals surface area contributed by atoms with Gasteiger partial charge in [0.25, 0.3) is 0 Å². The maximum atomic E-state index is 11.9. The summed E-state index contributed by atoms with van der Waals surface area (Å²) in [5, 5.41) is 1.79. The molecule has 1 aromatic rings. The lowest BCUT2D eigenvalue weighted by Gasteiger charge is -2.18. The van der Waals surface area contributed by atoms with Crippen LogP contribution in [0.15, 0.2) is 24.5 Å². The molecule has 0 aromatic carbocycles. The van der Waals surface area contributed by atoms with Gasteiger partial charge in [0.05, 0.1) is 0 Å². The largest absolute Gasteiger partial charge is 0.405 e. The Hall–Kier alpha value is -1.79. The van der Waals surface area contributed by atoms with Crippen molar-refractivity contribution in [1.29, 1.82) is 0 Å². The number of pyridine rings is 1. The van der Waals surface area contributed by atoms with Gasteiger partial charge in [-0.05, 0) is 17.7 Å². The van der Waals surface area contributed by atoms with Gasteiger partial charge < -0.3 is 10.2 Å². The Balaban J connectivity index is 2.43. The molecule has 0 radical (unpaired) electrons. The highest BCUT2D eigenvalue weighted by Crippen LogP contribution is 2.12. The Labute approximate surface area is 96.4 Å². The average molecular weight is 247 g/mol. The zero-order chi connectivity index (χ0) is 12.9. The summed E-state index contributed by atoms with van der Waals surface area (Å²) in [6, 6.07) is 2.61. The molecule has 0 aliphatic heterocycles. The zero-order valence-corrected chi connectivity index (χ0v) is 9.16. The molecule has 17 heavy (non-hydrogen) atoms. The van der Waals surface area contributed by atoms with Crippen LogP contribution >= 0.6 is 0 Å². The number of halogens is 3. The summed E-state index contributed by atoms with van der Waals surface area (Å²) in [7, 11) is 1.42. The Morgan fingerprint density at radius 3 is 2.53 bits per heavy atom.